The highest BCUT2D eigenvalue weighted by molar-refractivity contribution is 5.99. The molecule has 0 spiro atoms. The molecule has 0 fully saturated rings. The first kappa shape index (κ1) is 29.9. The standard InChI is InChI=1S/C31H37F2N3O3/c1-3-13-36(14-4-2)31(39)25-12-8-11-24(18-25)30(38)35-28(17-22-9-6-5-7-10-22)29(37)21-34-20-23-15-26(32)19-27(33)16-23/h5-12,15-16,18-19,28-29,34,37H,3-4,13-14,17,20-21H2,1-2H3,(H,35,38)/t28-,29+/m0/s1. The molecular formula is C31H37F2N3O3. The molecule has 8 heteroatoms. The van der Waals surface area contributed by atoms with Crippen LogP contribution in [0.5, 0.6) is 0 Å². The van der Waals surface area contributed by atoms with Crippen molar-refractivity contribution in [2.24, 2.45) is 0 Å². The van der Waals surface area contributed by atoms with Crippen molar-refractivity contribution in [1.82, 2.24) is 15.5 Å². The monoisotopic (exact) mass is 537 g/mol. The van der Waals surface area contributed by atoms with Gasteiger partial charge < -0.3 is 20.6 Å². The first-order valence-electron chi connectivity index (χ1n) is 13.4. The van der Waals surface area contributed by atoms with Gasteiger partial charge in [0.2, 0.25) is 0 Å². The molecule has 0 bridgehead atoms. The van der Waals surface area contributed by atoms with Gasteiger partial charge in [0.15, 0.2) is 0 Å². The summed E-state index contributed by atoms with van der Waals surface area (Å²) in [7, 11) is 0. The molecule has 6 nitrogen and oxygen atoms in total. The Morgan fingerprint density at radius 1 is 0.846 bits per heavy atom. The normalized spacial score (nSPS) is 12.5. The third-order valence-corrected chi connectivity index (χ3v) is 6.33. The van der Waals surface area contributed by atoms with Crippen LogP contribution in [-0.2, 0) is 13.0 Å². The van der Waals surface area contributed by atoms with Crippen LogP contribution in [0, 0.1) is 11.6 Å². The molecule has 3 N–H and O–H groups in total. The van der Waals surface area contributed by atoms with Crippen LogP contribution in [0.3, 0.4) is 0 Å². The van der Waals surface area contributed by atoms with Crippen molar-refractivity contribution in [3.8, 4) is 0 Å². The van der Waals surface area contributed by atoms with E-state index in [-0.39, 0.29) is 19.0 Å². The van der Waals surface area contributed by atoms with Crippen LogP contribution in [0.4, 0.5) is 8.78 Å². The van der Waals surface area contributed by atoms with Crippen LogP contribution >= 0.6 is 0 Å². The Balaban J connectivity index is 1.72. The van der Waals surface area contributed by atoms with Crippen molar-refractivity contribution in [3.63, 3.8) is 0 Å². The van der Waals surface area contributed by atoms with E-state index in [2.05, 4.69) is 10.6 Å². The van der Waals surface area contributed by atoms with Crippen LogP contribution in [-0.4, -0.2) is 53.6 Å². The number of nitrogens with zero attached hydrogens (tertiary/aromatic N) is 1. The molecule has 3 rings (SSSR count). The van der Waals surface area contributed by atoms with Crippen molar-refractivity contribution in [3.05, 3.63) is 107 Å². The lowest BCUT2D eigenvalue weighted by Crippen LogP contribution is -2.48. The van der Waals surface area contributed by atoms with Crippen molar-refractivity contribution >= 4 is 11.8 Å². The molecule has 0 heterocycles. The molecule has 0 aliphatic heterocycles. The Bertz CT molecular complexity index is 1200. The Morgan fingerprint density at radius 3 is 2.13 bits per heavy atom. The molecule has 0 aliphatic rings. The van der Waals surface area contributed by atoms with Gasteiger partial charge in [0.1, 0.15) is 11.6 Å². The summed E-state index contributed by atoms with van der Waals surface area (Å²) in [5.74, 6) is -1.87. The minimum absolute atomic E-state index is 0.0808. The number of halogens is 2. The van der Waals surface area contributed by atoms with E-state index in [1.165, 1.54) is 12.1 Å². The molecule has 3 aromatic carbocycles. The average Bonchev–Trinajstić information content (AvgIpc) is 2.92. The number of aliphatic hydroxyl groups is 1. The topological polar surface area (TPSA) is 81.7 Å². The molecule has 0 radical (unpaired) electrons. The maximum atomic E-state index is 13.5. The largest absolute Gasteiger partial charge is 0.390 e. The Morgan fingerprint density at radius 2 is 1.49 bits per heavy atom. The van der Waals surface area contributed by atoms with Gasteiger partial charge in [-0.15, -0.1) is 0 Å². The number of hydrogen-bond acceptors (Lipinski definition) is 4. The van der Waals surface area contributed by atoms with Crippen LogP contribution in [0.1, 0.15) is 58.5 Å². The second-order valence-corrected chi connectivity index (χ2v) is 9.62. The molecular weight excluding hydrogens is 500 g/mol. The highest BCUT2D eigenvalue weighted by Crippen LogP contribution is 2.13. The van der Waals surface area contributed by atoms with Gasteiger partial charge >= 0.3 is 0 Å². The zero-order chi connectivity index (χ0) is 28.2. The SMILES string of the molecule is CCCN(CCC)C(=O)c1cccc(C(=O)N[C@@H](Cc2ccccc2)[C@H](O)CNCc2cc(F)cc(F)c2)c1. The molecule has 3 aromatic rings. The molecule has 2 amide bonds. The summed E-state index contributed by atoms with van der Waals surface area (Å²) in [6, 6.07) is 18.7. The van der Waals surface area contributed by atoms with Gasteiger partial charge in [-0.3, -0.25) is 9.59 Å². The quantitative estimate of drug-likeness (QED) is 0.278. The summed E-state index contributed by atoms with van der Waals surface area (Å²) >= 11 is 0. The molecule has 0 unspecified atom stereocenters. The minimum Gasteiger partial charge on any atom is -0.390 e. The fourth-order valence-electron chi connectivity index (χ4n) is 4.45. The summed E-state index contributed by atoms with van der Waals surface area (Å²) in [5, 5.41) is 16.9. The van der Waals surface area contributed by atoms with Gasteiger partial charge in [-0.1, -0.05) is 50.2 Å². The van der Waals surface area contributed by atoms with E-state index in [0.29, 0.717) is 36.2 Å². The number of carbonyl (C=O) groups excluding carboxylic acids is 2. The van der Waals surface area contributed by atoms with Crippen LogP contribution in [0.25, 0.3) is 0 Å². The fraction of sp³-hybridized carbons (Fsp3) is 0.355. The van der Waals surface area contributed by atoms with E-state index < -0.39 is 29.7 Å². The zero-order valence-electron chi connectivity index (χ0n) is 22.5. The Hall–Kier alpha value is -3.62. The van der Waals surface area contributed by atoms with Crippen molar-refractivity contribution in [1.29, 1.82) is 0 Å². The van der Waals surface area contributed by atoms with E-state index in [1.54, 1.807) is 29.2 Å². The third kappa shape index (κ3) is 9.26. The predicted octanol–water partition coefficient (Wildman–Crippen LogP) is 4.72. The van der Waals surface area contributed by atoms with Gasteiger partial charge in [-0.25, -0.2) is 8.78 Å². The first-order chi connectivity index (χ1) is 18.8. The van der Waals surface area contributed by atoms with Crippen LogP contribution < -0.4 is 10.6 Å². The van der Waals surface area contributed by atoms with Crippen LogP contribution in [0.15, 0.2) is 72.8 Å². The maximum absolute atomic E-state index is 13.5. The number of benzene rings is 3. The van der Waals surface area contributed by atoms with Crippen molar-refractivity contribution in [2.75, 3.05) is 19.6 Å². The summed E-state index contributed by atoms with van der Waals surface area (Å²) in [6.45, 7) is 5.55. The van der Waals surface area contributed by atoms with Crippen molar-refractivity contribution in [2.45, 2.75) is 51.8 Å². The van der Waals surface area contributed by atoms with Gasteiger partial charge in [0.25, 0.3) is 11.8 Å². The molecule has 39 heavy (non-hydrogen) atoms. The Kier molecular flexibility index (Phi) is 11.6. The number of rotatable bonds is 14. The zero-order valence-corrected chi connectivity index (χ0v) is 22.5. The molecule has 2 atom stereocenters. The van der Waals surface area contributed by atoms with E-state index in [0.717, 1.165) is 24.5 Å². The lowest BCUT2D eigenvalue weighted by atomic mass is 10.00. The minimum atomic E-state index is -0.998. The molecule has 0 saturated heterocycles. The number of hydrogen-bond donors (Lipinski definition) is 3. The Labute approximate surface area is 229 Å². The fourth-order valence-corrected chi connectivity index (χ4v) is 4.45. The van der Waals surface area contributed by atoms with E-state index in [4.69, 9.17) is 0 Å². The number of aliphatic hydroxyl groups excluding tert-OH is 1. The van der Waals surface area contributed by atoms with E-state index in [1.807, 2.05) is 44.2 Å². The smallest absolute Gasteiger partial charge is 0.253 e. The summed E-state index contributed by atoms with van der Waals surface area (Å²) in [5.41, 5.74) is 2.09. The second kappa shape index (κ2) is 15.1. The number of nitrogens with one attached hydrogen (secondary N) is 2. The van der Waals surface area contributed by atoms with E-state index in [9.17, 15) is 23.5 Å². The van der Waals surface area contributed by atoms with Gasteiger partial charge in [0, 0.05) is 43.4 Å². The first-order valence-corrected chi connectivity index (χ1v) is 13.4. The second-order valence-electron chi connectivity index (χ2n) is 9.62. The third-order valence-electron chi connectivity index (χ3n) is 6.33. The molecule has 0 aromatic heterocycles. The summed E-state index contributed by atoms with van der Waals surface area (Å²) in [4.78, 5) is 28.1. The molecule has 0 aliphatic carbocycles. The lowest BCUT2D eigenvalue weighted by molar-refractivity contribution is 0.0755. The average molecular weight is 538 g/mol. The highest BCUT2D eigenvalue weighted by Gasteiger charge is 2.23. The van der Waals surface area contributed by atoms with Crippen LogP contribution in [0.2, 0.25) is 0 Å². The predicted molar refractivity (Wildman–Crippen MR) is 148 cm³/mol. The van der Waals surface area contributed by atoms with Gasteiger partial charge in [0.05, 0.1) is 12.1 Å². The highest BCUT2D eigenvalue weighted by atomic mass is 19.1. The molecule has 208 valence electrons. The van der Waals surface area contributed by atoms with Gasteiger partial charge in [-0.05, 0) is 60.7 Å². The lowest BCUT2D eigenvalue weighted by Gasteiger charge is -2.25. The van der Waals surface area contributed by atoms with E-state index >= 15 is 0 Å². The number of amides is 2. The maximum Gasteiger partial charge on any atom is 0.253 e. The number of carbonyl (C=O) groups is 2. The molecule has 0 saturated carbocycles. The van der Waals surface area contributed by atoms with Crippen molar-refractivity contribution < 1.29 is 23.5 Å². The summed E-state index contributed by atoms with van der Waals surface area (Å²) < 4.78 is 27.0. The van der Waals surface area contributed by atoms with Gasteiger partial charge in [-0.2, -0.15) is 0 Å². The summed E-state index contributed by atoms with van der Waals surface area (Å²) in [6.07, 6.45) is 1.05.